The molecule has 6 heteroatoms. The summed E-state index contributed by atoms with van der Waals surface area (Å²) in [7, 11) is 0. The molecule has 0 aliphatic carbocycles. The molecule has 2 heterocycles. The van der Waals surface area contributed by atoms with Gasteiger partial charge < -0.3 is 10.6 Å². The van der Waals surface area contributed by atoms with E-state index in [9.17, 15) is 14.0 Å². The molecule has 5 nitrogen and oxygen atoms in total. The van der Waals surface area contributed by atoms with E-state index in [1.807, 2.05) is 0 Å². The van der Waals surface area contributed by atoms with E-state index in [1.165, 1.54) is 12.1 Å². The molecule has 0 radical (unpaired) electrons. The second kappa shape index (κ2) is 5.36. The maximum Gasteiger partial charge on any atom is 0.254 e. The number of hydrogen-bond acceptors (Lipinski definition) is 3. The third-order valence-electron chi connectivity index (χ3n) is 4.01. The molecule has 0 bridgehead atoms. The van der Waals surface area contributed by atoms with Crippen molar-refractivity contribution < 1.29 is 14.0 Å². The smallest absolute Gasteiger partial charge is 0.254 e. The Hall–Kier alpha value is -2.50. The zero-order valence-corrected chi connectivity index (χ0v) is 12.2. The predicted octanol–water partition coefficient (Wildman–Crippen LogP) is 1.63. The van der Waals surface area contributed by atoms with Crippen molar-refractivity contribution in [1.29, 1.82) is 0 Å². The van der Waals surface area contributed by atoms with Crippen molar-refractivity contribution in [1.82, 2.24) is 9.88 Å². The maximum atomic E-state index is 13.4. The van der Waals surface area contributed by atoms with E-state index in [0.29, 0.717) is 41.7 Å². The van der Waals surface area contributed by atoms with Crippen LogP contribution in [0.2, 0.25) is 0 Å². The Labute approximate surface area is 126 Å². The fourth-order valence-electron chi connectivity index (χ4n) is 2.86. The number of pyridine rings is 1. The number of fused-ring (bicyclic) bond motifs is 1. The van der Waals surface area contributed by atoms with Crippen LogP contribution < -0.4 is 5.73 Å². The number of halogens is 1. The Kier molecular flexibility index (Phi) is 3.52. The van der Waals surface area contributed by atoms with E-state index in [4.69, 9.17) is 5.73 Å². The van der Waals surface area contributed by atoms with Gasteiger partial charge in [0.05, 0.1) is 17.0 Å². The van der Waals surface area contributed by atoms with Crippen LogP contribution in [0.25, 0.3) is 10.9 Å². The second-order valence-electron chi connectivity index (χ2n) is 5.61. The Balaban J connectivity index is 1.99. The Bertz CT molecular complexity index is 770. The van der Waals surface area contributed by atoms with Gasteiger partial charge in [-0.2, -0.15) is 0 Å². The lowest BCUT2D eigenvalue weighted by Gasteiger charge is -2.17. The first-order chi connectivity index (χ1) is 10.5. The highest BCUT2D eigenvalue weighted by Crippen LogP contribution is 2.24. The van der Waals surface area contributed by atoms with Gasteiger partial charge in [0.25, 0.3) is 5.91 Å². The molecule has 3 rings (SSSR count). The summed E-state index contributed by atoms with van der Waals surface area (Å²) >= 11 is 0. The van der Waals surface area contributed by atoms with Crippen molar-refractivity contribution in [3.63, 3.8) is 0 Å². The Morgan fingerprint density at radius 1 is 1.36 bits per heavy atom. The van der Waals surface area contributed by atoms with Gasteiger partial charge in [-0.25, -0.2) is 4.39 Å². The molecule has 1 aliphatic rings. The van der Waals surface area contributed by atoms with Crippen LogP contribution in [0.1, 0.15) is 22.5 Å². The van der Waals surface area contributed by atoms with Gasteiger partial charge in [0.15, 0.2) is 0 Å². The van der Waals surface area contributed by atoms with Crippen LogP contribution >= 0.6 is 0 Å². The van der Waals surface area contributed by atoms with Crippen LogP contribution in [0.3, 0.4) is 0 Å². The zero-order chi connectivity index (χ0) is 15.9. The van der Waals surface area contributed by atoms with E-state index in [-0.39, 0.29) is 23.5 Å². The summed E-state index contributed by atoms with van der Waals surface area (Å²) in [6.45, 7) is 2.59. The second-order valence-corrected chi connectivity index (χ2v) is 5.61. The van der Waals surface area contributed by atoms with E-state index in [2.05, 4.69) is 4.98 Å². The highest BCUT2D eigenvalue weighted by atomic mass is 19.1. The third kappa shape index (κ3) is 2.52. The van der Waals surface area contributed by atoms with Crippen molar-refractivity contribution in [2.24, 2.45) is 11.7 Å². The van der Waals surface area contributed by atoms with Gasteiger partial charge in [-0.15, -0.1) is 0 Å². The molecule has 1 aromatic heterocycles. The minimum Gasteiger partial charge on any atom is -0.369 e. The lowest BCUT2D eigenvalue weighted by atomic mass is 10.1. The van der Waals surface area contributed by atoms with Gasteiger partial charge in [-0.3, -0.25) is 14.6 Å². The molecule has 2 aromatic rings. The van der Waals surface area contributed by atoms with Gasteiger partial charge >= 0.3 is 0 Å². The standard InChI is InChI=1S/C16H16FN3O2/c1-9-6-13(12-3-2-11(17)7-14(12)19-9)16(22)20-5-4-10(8-20)15(18)21/h2-3,6-7,10H,4-5,8H2,1H3,(H2,18,21)/t10-/m1/s1. The average molecular weight is 301 g/mol. The number of aryl methyl sites for hydroxylation is 1. The molecular formula is C16H16FN3O2. The van der Waals surface area contributed by atoms with Crippen molar-refractivity contribution in [3.05, 3.63) is 41.3 Å². The van der Waals surface area contributed by atoms with Crippen molar-refractivity contribution in [2.75, 3.05) is 13.1 Å². The summed E-state index contributed by atoms with van der Waals surface area (Å²) in [4.78, 5) is 29.8. The summed E-state index contributed by atoms with van der Waals surface area (Å²) in [6.07, 6.45) is 0.581. The number of nitrogens with zero attached hydrogens (tertiary/aromatic N) is 2. The van der Waals surface area contributed by atoms with Gasteiger partial charge in [0.1, 0.15) is 5.82 Å². The van der Waals surface area contributed by atoms with Crippen molar-refractivity contribution in [3.8, 4) is 0 Å². The molecule has 1 aliphatic heterocycles. The summed E-state index contributed by atoms with van der Waals surface area (Å²) in [5, 5.41) is 0.611. The summed E-state index contributed by atoms with van der Waals surface area (Å²) < 4.78 is 13.4. The summed E-state index contributed by atoms with van der Waals surface area (Å²) in [6, 6.07) is 5.88. The number of primary amides is 1. The number of amides is 2. The van der Waals surface area contributed by atoms with Crippen LogP contribution in [-0.4, -0.2) is 34.8 Å². The number of likely N-dealkylation sites (tertiary alicyclic amines) is 1. The fourth-order valence-corrected chi connectivity index (χ4v) is 2.86. The maximum absolute atomic E-state index is 13.4. The Morgan fingerprint density at radius 3 is 2.82 bits per heavy atom. The van der Waals surface area contributed by atoms with E-state index in [1.54, 1.807) is 24.0 Å². The zero-order valence-electron chi connectivity index (χ0n) is 12.2. The Morgan fingerprint density at radius 2 is 2.14 bits per heavy atom. The molecule has 1 fully saturated rings. The number of carbonyl (C=O) groups is 2. The largest absolute Gasteiger partial charge is 0.369 e. The van der Waals surface area contributed by atoms with Gasteiger partial charge in [0, 0.05) is 30.2 Å². The molecule has 1 saturated heterocycles. The molecule has 1 aromatic carbocycles. The third-order valence-corrected chi connectivity index (χ3v) is 4.01. The average Bonchev–Trinajstić information content (AvgIpc) is 2.95. The molecule has 0 spiro atoms. The topological polar surface area (TPSA) is 76.3 Å². The normalized spacial score (nSPS) is 17.9. The lowest BCUT2D eigenvalue weighted by molar-refractivity contribution is -0.121. The van der Waals surface area contributed by atoms with Gasteiger partial charge in [-0.05, 0) is 31.5 Å². The molecule has 1 atom stereocenters. The predicted molar refractivity (Wildman–Crippen MR) is 79.6 cm³/mol. The first-order valence-corrected chi connectivity index (χ1v) is 7.11. The monoisotopic (exact) mass is 301 g/mol. The van der Waals surface area contributed by atoms with Crippen LogP contribution in [0.5, 0.6) is 0 Å². The van der Waals surface area contributed by atoms with Crippen LogP contribution in [0.4, 0.5) is 4.39 Å². The number of carbonyl (C=O) groups excluding carboxylic acids is 2. The first kappa shape index (κ1) is 14.4. The van der Waals surface area contributed by atoms with E-state index >= 15 is 0 Å². The van der Waals surface area contributed by atoms with Gasteiger partial charge in [-0.1, -0.05) is 0 Å². The van der Waals surface area contributed by atoms with Crippen molar-refractivity contribution in [2.45, 2.75) is 13.3 Å². The van der Waals surface area contributed by atoms with E-state index in [0.717, 1.165) is 0 Å². The van der Waals surface area contributed by atoms with E-state index < -0.39 is 0 Å². The fraction of sp³-hybridized carbons (Fsp3) is 0.312. The molecule has 0 unspecified atom stereocenters. The molecule has 114 valence electrons. The van der Waals surface area contributed by atoms with Crippen molar-refractivity contribution >= 4 is 22.7 Å². The van der Waals surface area contributed by atoms with Crippen LogP contribution in [0, 0.1) is 18.7 Å². The first-order valence-electron chi connectivity index (χ1n) is 7.11. The highest BCUT2D eigenvalue weighted by Gasteiger charge is 2.30. The quantitative estimate of drug-likeness (QED) is 0.916. The van der Waals surface area contributed by atoms with Gasteiger partial charge in [0.2, 0.25) is 5.91 Å². The number of aromatic nitrogens is 1. The number of nitrogens with two attached hydrogens (primary N) is 1. The highest BCUT2D eigenvalue weighted by molar-refractivity contribution is 6.06. The van der Waals surface area contributed by atoms with Crippen LogP contribution in [-0.2, 0) is 4.79 Å². The lowest BCUT2D eigenvalue weighted by Crippen LogP contribution is -2.32. The minimum atomic E-state index is -0.390. The molecule has 2 amide bonds. The summed E-state index contributed by atoms with van der Waals surface area (Å²) in [5.74, 6) is -1.24. The summed E-state index contributed by atoms with van der Waals surface area (Å²) in [5.41, 5.74) is 6.88. The minimum absolute atomic E-state index is 0.175. The molecule has 2 N–H and O–H groups in total. The molecule has 22 heavy (non-hydrogen) atoms. The number of rotatable bonds is 2. The number of benzene rings is 1. The molecular weight excluding hydrogens is 285 g/mol. The number of hydrogen-bond donors (Lipinski definition) is 1. The van der Waals surface area contributed by atoms with Crippen LogP contribution in [0.15, 0.2) is 24.3 Å². The molecule has 0 saturated carbocycles. The SMILES string of the molecule is Cc1cc(C(=O)N2CC[C@@H](C(N)=O)C2)c2ccc(F)cc2n1.